The van der Waals surface area contributed by atoms with Crippen molar-refractivity contribution in [2.45, 2.75) is 38.3 Å². The molecule has 0 spiro atoms. The van der Waals surface area contributed by atoms with Gasteiger partial charge in [-0.3, -0.25) is 9.59 Å². The lowest BCUT2D eigenvalue weighted by atomic mass is 9.89. The van der Waals surface area contributed by atoms with Crippen molar-refractivity contribution in [3.05, 3.63) is 28.8 Å². The molecule has 0 atom stereocenters. The van der Waals surface area contributed by atoms with Crippen molar-refractivity contribution in [1.29, 1.82) is 0 Å². The molecule has 0 aromatic heterocycles. The smallest absolute Gasteiger partial charge is 0.347 e. The number of halogens is 4. The summed E-state index contributed by atoms with van der Waals surface area (Å²) in [5, 5.41) is 4.42. The van der Waals surface area contributed by atoms with Crippen molar-refractivity contribution in [2.24, 2.45) is 5.92 Å². The fourth-order valence-corrected chi connectivity index (χ4v) is 2.93. The molecule has 1 aliphatic rings. The Hall–Kier alpha value is -1.76. The number of hydrogen-bond acceptors (Lipinski definition) is 2. The minimum Gasteiger partial charge on any atom is -0.347 e. The van der Waals surface area contributed by atoms with Gasteiger partial charge in [0.2, 0.25) is 11.8 Å². The predicted octanol–water partition coefficient (Wildman–Crippen LogP) is 3.99. The normalized spacial score (nSPS) is 15.8. The van der Waals surface area contributed by atoms with Crippen molar-refractivity contribution in [3.63, 3.8) is 0 Å². The van der Waals surface area contributed by atoms with Crippen LogP contribution in [-0.2, 0) is 15.8 Å². The van der Waals surface area contributed by atoms with E-state index in [0.29, 0.717) is 0 Å². The van der Waals surface area contributed by atoms with Gasteiger partial charge >= 0.3 is 6.18 Å². The summed E-state index contributed by atoms with van der Waals surface area (Å²) in [6.45, 7) is -0.278. The molecule has 1 aromatic rings. The zero-order valence-electron chi connectivity index (χ0n) is 12.9. The average Bonchev–Trinajstić information content (AvgIpc) is 2.54. The second-order valence-electron chi connectivity index (χ2n) is 5.79. The van der Waals surface area contributed by atoms with Crippen LogP contribution in [0.1, 0.15) is 37.7 Å². The topological polar surface area (TPSA) is 58.2 Å². The van der Waals surface area contributed by atoms with E-state index in [1.807, 2.05) is 0 Å². The SMILES string of the molecule is O=C(CNC(=O)C1CCCCC1)Nc1ccc(Cl)c(C(F)(F)F)c1. The number of hydrogen-bond donors (Lipinski definition) is 2. The fourth-order valence-electron chi connectivity index (χ4n) is 2.70. The van der Waals surface area contributed by atoms with Crippen LogP contribution in [0.3, 0.4) is 0 Å². The Morgan fingerprint density at radius 1 is 1.17 bits per heavy atom. The van der Waals surface area contributed by atoms with Gasteiger partial charge in [-0.25, -0.2) is 0 Å². The van der Waals surface area contributed by atoms with Crippen LogP contribution in [0.5, 0.6) is 0 Å². The lowest BCUT2D eigenvalue weighted by Gasteiger charge is -2.20. The molecular weight excluding hydrogens is 345 g/mol. The average molecular weight is 363 g/mol. The zero-order valence-corrected chi connectivity index (χ0v) is 13.6. The third kappa shape index (κ3) is 5.12. The van der Waals surface area contributed by atoms with E-state index in [1.54, 1.807) is 0 Å². The number of benzene rings is 1. The number of nitrogens with one attached hydrogen (secondary N) is 2. The Balaban J connectivity index is 1.89. The van der Waals surface area contributed by atoms with Gasteiger partial charge in [0.15, 0.2) is 0 Å². The summed E-state index contributed by atoms with van der Waals surface area (Å²) in [5.41, 5.74) is -1.04. The number of carbonyl (C=O) groups excluding carboxylic acids is 2. The minimum absolute atomic E-state index is 0.0244. The first-order chi connectivity index (χ1) is 11.3. The summed E-state index contributed by atoms with van der Waals surface area (Å²) in [4.78, 5) is 23.7. The van der Waals surface area contributed by atoms with Gasteiger partial charge in [0.25, 0.3) is 0 Å². The summed E-state index contributed by atoms with van der Waals surface area (Å²) in [6, 6.07) is 3.11. The molecule has 24 heavy (non-hydrogen) atoms. The van der Waals surface area contributed by atoms with Gasteiger partial charge < -0.3 is 10.6 Å². The second-order valence-corrected chi connectivity index (χ2v) is 6.20. The zero-order chi connectivity index (χ0) is 17.7. The van der Waals surface area contributed by atoms with Crippen molar-refractivity contribution in [1.82, 2.24) is 5.32 Å². The Morgan fingerprint density at radius 3 is 2.46 bits per heavy atom. The van der Waals surface area contributed by atoms with E-state index in [1.165, 1.54) is 6.07 Å². The highest BCUT2D eigenvalue weighted by Gasteiger charge is 2.33. The van der Waals surface area contributed by atoms with Gasteiger partial charge in [-0.1, -0.05) is 30.9 Å². The molecule has 0 heterocycles. The maximum atomic E-state index is 12.8. The Labute approximate surface area is 142 Å². The third-order valence-corrected chi connectivity index (χ3v) is 4.28. The van der Waals surface area contributed by atoms with Crippen LogP contribution in [0.2, 0.25) is 5.02 Å². The number of amides is 2. The van der Waals surface area contributed by atoms with Gasteiger partial charge in [-0.2, -0.15) is 13.2 Å². The molecule has 1 aromatic carbocycles. The van der Waals surface area contributed by atoms with Gasteiger partial charge in [-0.05, 0) is 31.0 Å². The number of carbonyl (C=O) groups is 2. The van der Waals surface area contributed by atoms with Crippen LogP contribution in [-0.4, -0.2) is 18.4 Å². The highest BCUT2D eigenvalue weighted by Crippen LogP contribution is 2.36. The van der Waals surface area contributed by atoms with Gasteiger partial charge in [0.1, 0.15) is 0 Å². The molecule has 8 heteroatoms. The molecule has 2 amide bonds. The van der Waals surface area contributed by atoms with Crippen LogP contribution >= 0.6 is 11.6 Å². The maximum absolute atomic E-state index is 12.8. The maximum Gasteiger partial charge on any atom is 0.417 e. The van der Waals surface area contributed by atoms with E-state index in [9.17, 15) is 22.8 Å². The van der Waals surface area contributed by atoms with Gasteiger partial charge in [0.05, 0.1) is 17.1 Å². The lowest BCUT2D eigenvalue weighted by Crippen LogP contribution is -2.37. The van der Waals surface area contributed by atoms with Crippen LogP contribution in [0.15, 0.2) is 18.2 Å². The van der Waals surface area contributed by atoms with Crippen molar-refractivity contribution < 1.29 is 22.8 Å². The Morgan fingerprint density at radius 2 is 1.83 bits per heavy atom. The molecule has 132 valence electrons. The molecule has 2 N–H and O–H groups in total. The molecule has 0 radical (unpaired) electrons. The molecule has 1 saturated carbocycles. The first-order valence-corrected chi connectivity index (χ1v) is 8.09. The van der Waals surface area contributed by atoms with E-state index in [2.05, 4.69) is 10.6 Å². The van der Waals surface area contributed by atoms with E-state index in [-0.39, 0.29) is 24.1 Å². The predicted molar refractivity (Wildman–Crippen MR) is 84.7 cm³/mol. The van der Waals surface area contributed by atoms with Crippen molar-refractivity contribution in [2.75, 3.05) is 11.9 Å². The Kier molecular flexibility index (Phi) is 6.10. The third-order valence-electron chi connectivity index (χ3n) is 3.95. The molecule has 1 fully saturated rings. The lowest BCUT2D eigenvalue weighted by molar-refractivity contribution is -0.137. The molecule has 0 aliphatic heterocycles. The molecule has 4 nitrogen and oxygen atoms in total. The standard InChI is InChI=1S/C16H18ClF3N2O2/c17-13-7-6-11(8-12(13)16(18,19)20)22-14(23)9-21-15(24)10-4-2-1-3-5-10/h6-8,10H,1-5,9H2,(H,21,24)(H,22,23). The first kappa shape index (κ1) is 18.6. The largest absolute Gasteiger partial charge is 0.417 e. The molecule has 1 aliphatic carbocycles. The van der Waals surface area contributed by atoms with Crippen LogP contribution in [0, 0.1) is 5.92 Å². The molecule has 0 bridgehead atoms. The molecule has 0 unspecified atom stereocenters. The molecular formula is C16H18ClF3N2O2. The highest BCUT2D eigenvalue weighted by atomic mass is 35.5. The van der Waals surface area contributed by atoms with E-state index in [4.69, 9.17) is 11.6 Å². The van der Waals surface area contributed by atoms with Crippen LogP contribution in [0.25, 0.3) is 0 Å². The molecule has 2 rings (SSSR count). The second kappa shape index (κ2) is 7.88. The van der Waals surface area contributed by atoms with Crippen molar-refractivity contribution >= 4 is 29.1 Å². The Bertz CT molecular complexity index is 614. The quantitative estimate of drug-likeness (QED) is 0.850. The summed E-state index contributed by atoms with van der Waals surface area (Å²) < 4.78 is 38.3. The molecule has 0 saturated heterocycles. The van der Waals surface area contributed by atoms with Crippen LogP contribution < -0.4 is 10.6 Å². The van der Waals surface area contributed by atoms with E-state index >= 15 is 0 Å². The monoisotopic (exact) mass is 362 g/mol. The minimum atomic E-state index is -4.60. The highest BCUT2D eigenvalue weighted by molar-refractivity contribution is 6.31. The van der Waals surface area contributed by atoms with Gasteiger partial charge in [-0.15, -0.1) is 0 Å². The van der Waals surface area contributed by atoms with Crippen LogP contribution in [0.4, 0.5) is 18.9 Å². The summed E-state index contributed by atoms with van der Waals surface area (Å²) in [5.74, 6) is -0.856. The number of rotatable bonds is 4. The summed E-state index contributed by atoms with van der Waals surface area (Å²) in [7, 11) is 0. The number of anilines is 1. The van der Waals surface area contributed by atoms with Crippen molar-refractivity contribution in [3.8, 4) is 0 Å². The summed E-state index contributed by atoms with van der Waals surface area (Å²) >= 11 is 5.52. The van der Waals surface area contributed by atoms with E-state index in [0.717, 1.165) is 44.2 Å². The fraction of sp³-hybridized carbons (Fsp3) is 0.500. The number of alkyl halides is 3. The first-order valence-electron chi connectivity index (χ1n) is 7.71. The van der Waals surface area contributed by atoms with E-state index < -0.39 is 22.7 Å². The summed E-state index contributed by atoms with van der Waals surface area (Å²) in [6.07, 6.45) is 0.110. The van der Waals surface area contributed by atoms with Gasteiger partial charge in [0, 0.05) is 11.6 Å².